The first kappa shape index (κ1) is 18.9. The van der Waals surface area contributed by atoms with Gasteiger partial charge in [-0.15, -0.1) is 0 Å². The fourth-order valence-corrected chi connectivity index (χ4v) is 5.66. The summed E-state index contributed by atoms with van der Waals surface area (Å²) < 4.78 is 11.1. The number of hydrogen-bond donors (Lipinski definition) is 0. The van der Waals surface area contributed by atoms with E-state index in [1.807, 2.05) is 11.8 Å². The van der Waals surface area contributed by atoms with E-state index in [9.17, 15) is 9.59 Å². The molecule has 1 saturated carbocycles. The van der Waals surface area contributed by atoms with E-state index in [4.69, 9.17) is 9.15 Å². The quantitative estimate of drug-likeness (QED) is 0.715. The largest absolute Gasteiger partial charge is 0.438 e. The van der Waals surface area contributed by atoms with Gasteiger partial charge in [-0.1, -0.05) is 5.57 Å². The molecule has 2 amide bonds. The smallest absolute Gasteiger partial charge is 0.291 e. The number of aryl methyl sites for hydroxylation is 1. The molecule has 3 aliphatic heterocycles. The summed E-state index contributed by atoms with van der Waals surface area (Å²) in [4.78, 5) is 34.0. The predicted octanol–water partition coefficient (Wildman–Crippen LogP) is 2.56. The number of piperidine rings is 1. The number of likely N-dealkylation sites (tertiary alicyclic amines) is 2. The van der Waals surface area contributed by atoms with E-state index >= 15 is 0 Å². The monoisotopic (exact) mass is 399 g/mol. The lowest BCUT2D eigenvalue weighted by Gasteiger charge is -2.41. The van der Waals surface area contributed by atoms with Gasteiger partial charge in [0.15, 0.2) is 6.39 Å². The number of aromatic nitrogens is 1. The Morgan fingerprint density at radius 1 is 1.21 bits per heavy atom. The Labute approximate surface area is 171 Å². The van der Waals surface area contributed by atoms with E-state index in [2.05, 4.69) is 9.88 Å². The summed E-state index contributed by atoms with van der Waals surface area (Å²) in [7, 11) is 0. The van der Waals surface area contributed by atoms with E-state index in [-0.39, 0.29) is 23.3 Å². The van der Waals surface area contributed by atoms with Gasteiger partial charge in [-0.25, -0.2) is 4.98 Å². The maximum atomic E-state index is 13.2. The summed E-state index contributed by atoms with van der Waals surface area (Å²) in [6.45, 7) is 7.31. The zero-order valence-corrected chi connectivity index (χ0v) is 17.3. The molecule has 4 aliphatic rings. The van der Waals surface area contributed by atoms with Crippen molar-refractivity contribution in [1.82, 2.24) is 14.8 Å². The molecule has 0 unspecified atom stereocenters. The third kappa shape index (κ3) is 2.93. The van der Waals surface area contributed by atoms with Crippen molar-refractivity contribution >= 4 is 11.8 Å². The zero-order chi connectivity index (χ0) is 20.2. The molecule has 7 nitrogen and oxygen atoms in total. The first-order chi connectivity index (χ1) is 14.0. The second-order valence-electron chi connectivity index (χ2n) is 9.15. The van der Waals surface area contributed by atoms with Crippen molar-refractivity contribution in [2.45, 2.75) is 52.0 Å². The summed E-state index contributed by atoms with van der Waals surface area (Å²) in [5, 5.41) is 0. The maximum Gasteiger partial charge on any atom is 0.291 e. The van der Waals surface area contributed by atoms with Crippen LogP contribution >= 0.6 is 0 Å². The Morgan fingerprint density at radius 2 is 1.97 bits per heavy atom. The molecule has 4 heterocycles. The van der Waals surface area contributed by atoms with Gasteiger partial charge in [0.05, 0.1) is 24.9 Å². The fraction of sp³-hybridized carbons (Fsp3) is 0.682. The number of rotatable bonds is 2. The average Bonchev–Trinajstić information content (AvgIpc) is 3.38. The first-order valence-electron chi connectivity index (χ1n) is 10.8. The maximum absolute atomic E-state index is 13.2. The SMILES string of the molecule is CC(C(=O)N1CC2(CCN(C(=O)c3ocnc3C)CC2)[C@@H]2COC[C@@H]21)=C1CCC1. The summed E-state index contributed by atoms with van der Waals surface area (Å²) in [6, 6.07) is 0.178. The number of carbonyl (C=O) groups is 2. The Balaban J connectivity index is 1.32. The highest BCUT2D eigenvalue weighted by Crippen LogP contribution is 2.50. The molecule has 3 saturated heterocycles. The predicted molar refractivity (Wildman–Crippen MR) is 105 cm³/mol. The van der Waals surface area contributed by atoms with Crippen molar-refractivity contribution in [3.8, 4) is 0 Å². The third-order valence-electron chi connectivity index (χ3n) is 7.78. The van der Waals surface area contributed by atoms with Gasteiger partial charge in [0, 0.05) is 31.1 Å². The van der Waals surface area contributed by atoms with Crippen LogP contribution in [0, 0.1) is 18.3 Å². The minimum atomic E-state index is -0.0782. The highest BCUT2D eigenvalue weighted by Gasteiger charge is 2.57. The molecule has 1 aromatic rings. The molecule has 29 heavy (non-hydrogen) atoms. The second-order valence-corrected chi connectivity index (χ2v) is 9.15. The van der Waals surface area contributed by atoms with E-state index in [1.54, 1.807) is 6.92 Å². The van der Waals surface area contributed by atoms with Crippen LogP contribution in [-0.2, 0) is 9.53 Å². The number of oxazole rings is 1. The van der Waals surface area contributed by atoms with Crippen molar-refractivity contribution in [2.24, 2.45) is 11.3 Å². The van der Waals surface area contributed by atoms with Crippen LogP contribution in [0.25, 0.3) is 0 Å². The number of allylic oxidation sites excluding steroid dienone is 1. The molecule has 156 valence electrons. The van der Waals surface area contributed by atoms with Gasteiger partial charge in [0.2, 0.25) is 11.7 Å². The molecule has 2 atom stereocenters. The van der Waals surface area contributed by atoms with Gasteiger partial charge in [0.25, 0.3) is 5.91 Å². The number of nitrogens with zero attached hydrogens (tertiary/aromatic N) is 3. The van der Waals surface area contributed by atoms with Crippen LogP contribution in [0.1, 0.15) is 55.3 Å². The molecule has 4 fully saturated rings. The Bertz CT molecular complexity index is 859. The highest BCUT2D eigenvalue weighted by atomic mass is 16.5. The van der Waals surface area contributed by atoms with Gasteiger partial charge in [-0.2, -0.15) is 0 Å². The third-order valence-corrected chi connectivity index (χ3v) is 7.78. The summed E-state index contributed by atoms with van der Waals surface area (Å²) >= 11 is 0. The molecule has 1 aliphatic carbocycles. The van der Waals surface area contributed by atoms with Crippen molar-refractivity contribution in [2.75, 3.05) is 32.8 Å². The summed E-state index contributed by atoms with van der Waals surface area (Å²) in [5.74, 6) is 0.835. The van der Waals surface area contributed by atoms with Gasteiger partial charge in [0.1, 0.15) is 0 Å². The second kappa shape index (κ2) is 6.97. The molecule has 0 radical (unpaired) electrons. The van der Waals surface area contributed by atoms with E-state index in [0.717, 1.165) is 44.4 Å². The van der Waals surface area contributed by atoms with Crippen molar-refractivity contribution < 1.29 is 18.7 Å². The normalized spacial score (nSPS) is 27.9. The van der Waals surface area contributed by atoms with Crippen LogP contribution in [0.5, 0.6) is 0 Å². The Hall–Kier alpha value is -2.15. The first-order valence-corrected chi connectivity index (χ1v) is 10.8. The van der Waals surface area contributed by atoms with E-state index < -0.39 is 0 Å². The minimum absolute atomic E-state index is 0.0502. The Kier molecular flexibility index (Phi) is 4.53. The van der Waals surface area contributed by atoms with E-state index in [1.165, 1.54) is 18.4 Å². The lowest BCUT2D eigenvalue weighted by atomic mass is 9.70. The van der Waals surface area contributed by atoms with Crippen LogP contribution in [0.2, 0.25) is 0 Å². The minimum Gasteiger partial charge on any atom is -0.438 e. The lowest BCUT2D eigenvalue weighted by Crippen LogP contribution is -2.47. The van der Waals surface area contributed by atoms with Crippen LogP contribution in [0.15, 0.2) is 22.0 Å². The molecule has 7 heteroatoms. The highest BCUT2D eigenvalue weighted by molar-refractivity contribution is 5.94. The number of carbonyl (C=O) groups excluding carboxylic acids is 2. The molecule has 0 bridgehead atoms. The molecule has 0 aromatic carbocycles. The fourth-order valence-electron chi connectivity index (χ4n) is 5.66. The van der Waals surface area contributed by atoms with Crippen molar-refractivity contribution in [3.63, 3.8) is 0 Å². The Morgan fingerprint density at radius 3 is 2.59 bits per heavy atom. The molecule has 1 spiro atoms. The van der Waals surface area contributed by atoms with Gasteiger partial charge >= 0.3 is 0 Å². The summed E-state index contributed by atoms with van der Waals surface area (Å²) in [5.41, 5.74) is 2.97. The van der Waals surface area contributed by atoms with Crippen LogP contribution < -0.4 is 0 Å². The topological polar surface area (TPSA) is 75.9 Å². The number of fused-ring (bicyclic) bond motifs is 2. The number of amides is 2. The number of hydrogen-bond acceptors (Lipinski definition) is 5. The molecular weight excluding hydrogens is 370 g/mol. The average molecular weight is 399 g/mol. The van der Waals surface area contributed by atoms with Gasteiger partial charge in [-0.05, 0) is 51.4 Å². The molecule has 1 aromatic heterocycles. The zero-order valence-electron chi connectivity index (χ0n) is 17.3. The van der Waals surface area contributed by atoms with E-state index in [0.29, 0.717) is 37.1 Å². The van der Waals surface area contributed by atoms with Crippen LogP contribution in [-0.4, -0.2) is 65.5 Å². The van der Waals surface area contributed by atoms with Crippen LogP contribution in [0.4, 0.5) is 0 Å². The van der Waals surface area contributed by atoms with Crippen LogP contribution in [0.3, 0.4) is 0 Å². The number of ether oxygens (including phenoxy) is 1. The molecule has 5 rings (SSSR count). The van der Waals surface area contributed by atoms with Gasteiger partial charge in [-0.3, -0.25) is 9.59 Å². The standard InChI is InChI=1S/C22H29N3O4/c1-14(16-4-3-5-16)20(26)25-12-22(17-10-28-11-18(17)25)6-8-24(9-7-22)21(27)19-15(2)23-13-29-19/h13,17-18H,3-12H2,1-2H3/t17-,18+/m1/s1. The van der Waals surface area contributed by atoms with Crippen molar-refractivity contribution in [1.29, 1.82) is 0 Å². The van der Waals surface area contributed by atoms with Crippen molar-refractivity contribution in [3.05, 3.63) is 29.0 Å². The van der Waals surface area contributed by atoms with Gasteiger partial charge < -0.3 is 19.0 Å². The lowest BCUT2D eigenvalue weighted by molar-refractivity contribution is -0.128. The summed E-state index contributed by atoms with van der Waals surface area (Å²) in [6.07, 6.45) is 6.46. The molecular formula is C22H29N3O4. The molecule has 0 N–H and O–H groups in total.